The number of hydrogen-bond donors (Lipinski definition) is 1. The number of methoxy groups -OCH3 is 1. The molecule has 0 atom stereocenters. The van der Waals surface area contributed by atoms with Crippen molar-refractivity contribution < 1.29 is 14.3 Å². The van der Waals surface area contributed by atoms with Gasteiger partial charge in [-0.25, -0.2) is 0 Å². The van der Waals surface area contributed by atoms with Crippen LogP contribution in [0.15, 0.2) is 36.4 Å². The van der Waals surface area contributed by atoms with Crippen molar-refractivity contribution in [3.8, 4) is 0 Å². The highest BCUT2D eigenvalue weighted by atomic mass is 16.5. The smallest absolute Gasteiger partial charge is 0.232 e. The van der Waals surface area contributed by atoms with Crippen molar-refractivity contribution in [2.45, 2.75) is 12.8 Å². The summed E-state index contributed by atoms with van der Waals surface area (Å²) in [5.41, 5.74) is 1.19. The monoisotopic (exact) mass is 359 g/mol. The maximum Gasteiger partial charge on any atom is 0.232 e. The second-order valence-electron chi connectivity index (χ2n) is 6.37. The standard InChI is InChI=1S/C20H29N3O3/c1-26-16-6-10-21-19(24)17-20(25)23-14-12-22(13-15-23)11-5-9-18-7-3-2-4-8-18/h2-5,7-9H,6,10-17H2,1H3,(H,21,24)/b9-5+. The molecule has 0 aliphatic carbocycles. The minimum Gasteiger partial charge on any atom is -0.385 e. The fourth-order valence-corrected chi connectivity index (χ4v) is 2.84. The molecule has 1 aromatic carbocycles. The zero-order valence-electron chi connectivity index (χ0n) is 15.5. The Morgan fingerprint density at radius 2 is 1.88 bits per heavy atom. The van der Waals surface area contributed by atoms with Gasteiger partial charge in [0.25, 0.3) is 0 Å². The Balaban J connectivity index is 1.63. The van der Waals surface area contributed by atoms with E-state index in [9.17, 15) is 9.59 Å². The van der Waals surface area contributed by atoms with E-state index in [1.54, 1.807) is 12.0 Å². The molecule has 2 rings (SSSR count). The molecule has 1 fully saturated rings. The summed E-state index contributed by atoms with van der Waals surface area (Å²) in [6, 6.07) is 10.2. The van der Waals surface area contributed by atoms with Crippen LogP contribution in [-0.2, 0) is 14.3 Å². The van der Waals surface area contributed by atoms with Gasteiger partial charge in [0, 0.05) is 53.0 Å². The zero-order chi connectivity index (χ0) is 18.6. The van der Waals surface area contributed by atoms with Crippen LogP contribution in [-0.4, -0.2) is 74.6 Å². The van der Waals surface area contributed by atoms with E-state index in [-0.39, 0.29) is 18.2 Å². The number of hydrogen-bond acceptors (Lipinski definition) is 4. The summed E-state index contributed by atoms with van der Waals surface area (Å²) < 4.78 is 4.93. The first-order valence-corrected chi connectivity index (χ1v) is 9.16. The van der Waals surface area contributed by atoms with Crippen molar-refractivity contribution in [1.29, 1.82) is 0 Å². The second-order valence-corrected chi connectivity index (χ2v) is 6.37. The summed E-state index contributed by atoms with van der Waals surface area (Å²) in [6.07, 6.45) is 4.96. The Bertz CT molecular complexity index is 581. The Morgan fingerprint density at radius 3 is 2.58 bits per heavy atom. The van der Waals surface area contributed by atoms with Crippen molar-refractivity contribution in [3.63, 3.8) is 0 Å². The molecule has 6 heteroatoms. The van der Waals surface area contributed by atoms with Gasteiger partial charge in [0.15, 0.2) is 0 Å². The fourth-order valence-electron chi connectivity index (χ4n) is 2.84. The van der Waals surface area contributed by atoms with Crippen LogP contribution in [0, 0.1) is 0 Å². The van der Waals surface area contributed by atoms with E-state index in [1.165, 1.54) is 5.56 Å². The lowest BCUT2D eigenvalue weighted by Gasteiger charge is -2.34. The van der Waals surface area contributed by atoms with Gasteiger partial charge in [-0.2, -0.15) is 0 Å². The molecular formula is C20H29N3O3. The van der Waals surface area contributed by atoms with E-state index < -0.39 is 0 Å². The van der Waals surface area contributed by atoms with Crippen LogP contribution in [0.3, 0.4) is 0 Å². The molecule has 1 heterocycles. The van der Waals surface area contributed by atoms with Gasteiger partial charge < -0.3 is 15.0 Å². The predicted octanol–water partition coefficient (Wildman–Crippen LogP) is 1.39. The zero-order valence-corrected chi connectivity index (χ0v) is 15.5. The Kier molecular flexibility index (Phi) is 8.86. The van der Waals surface area contributed by atoms with E-state index in [4.69, 9.17) is 4.74 Å². The van der Waals surface area contributed by atoms with E-state index in [2.05, 4.69) is 34.5 Å². The van der Waals surface area contributed by atoms with Gasteiger partial charge in [-0.05, 0) is 12.0 Å². The third kappa shape index (κ3) is 7.37. The first kappa shape index (κ1) is 20.1. The molecule has 0 radical (unpaired) electrons. The maximum absolute atomic E-state index is 12.2. The average Bonchev–Trinajstić information content (AvgIpc) is 2.66. The molecule has 0 spiro atoms. The van der Waals surface area contributed by atoms with Crippen molar-refractivity contribution in [2.75, 3.05) is 53.0 Å². The molecule has 1 saturated heterocycles. The number of rotatable bonds is 9. The molecular weight excluding hydrogens is 330 g/mol. The van der Waals surface area contributed by atoms with Crippen LogP contribution in [0.25, 0.3) is 6.08 Å². The van der Waals surface area contributed by atoms with E-state index in [0.717, 1.165) is 26.1 Å². The lowest BCUT2D eigenvalue weighted by molar-refractivity contribution is -0.137. The number of nitrogens with one attached hydrogen (secondary N) is 1. The number of piperazine rings is 1. The van der Waals surface area contributed by atoms with Crippen LogP contribution >= 0.6 is 0 Å². The lowest BCUT2D eigenvalue weighted by atomic mass is 10.2. The molecule has 1 aliphatic rings. The summed E-state index contributed by atoms with van der Waals surface area (Å²) in [5.74, 6) is -0.298. The van der Waals surface area contributed by atoms with E-state index in [0.29, 0.717) is 26.2 Å². The Hall–Kier alpha value is -2.18. The average molecular weight is 359 g/mol. The maximum atomic E-state index is 12.2. The molecule has 0 saturated carbocycles. The number of benzene rings is 1. The Labute approximate surface area is 155 Å². The summed E-state index contributed by atoms with van der Waals surface area (Å²) in [5, 5.41) is 2.75. The third-order valence-electron chi connectivity index (χ3n) is 4.36. The van der Waals surface area contributed by atoms with Gasteiger partial charge >= 0.3 is 0 Å². The van der Waals surface area contributed by atoms with Crippen LogP contribution in [0.2, 0.25) is 0 Å². The molecule has 1 N–H and O–H groups in total. The van der Waals surface area contributed by atoms with Gasteiger partial charge in [0.2, 0.25) is 11.8 Å². The molecule has 0 unspecified atom stereocenters. The molecule has 1 aromatic rings. The number of amides is 2. The first-order chi connectivity index (χ1) is 12.7. The van der Waals surface area contributed by atoms with Crippen molar-refractivity contribution in [3.05, 3.63) is 42.0 Å². The molecule has 26 heavy (non-hydrogen) atoms. The molecule has 0 bridgehead atoms. The number of carbonyl (C=O) groups is 2. The van der Waals surface area contributed by atoms with Gasteiger partial charge in [-0.15, -0.1) is 0 Å². The number of ether oxygens (including phenoxy) is 1. The van der Waals surface area contributed by atoms with Gasteiger partial charge in [-0.3, -0.25) is 14.5 Å². The minimum absolute atomic E-state index is 0.0686. The van der Waals surface area contributed by atoms with E-state index in [1.807, 2.05) is 18.2 Å². The van der Waals surface area contributed by atoms with Crippen molar-refractivity contribution in [1.82, 2.24) is 15.1 Å². The van der Waals surface area contributed by atoms with Crippen LogP contribution in [0.4, 0.5) is 0 Å². The highest BCUT2D eigenvalue weighted by Gasteiger charge is 2.22. The molecule has 1 aliphatic heterocycles. The van der Waals surface area contributed by atoms with Crippen LogP contribution in [0.5, 0.6) is 0 Å². The molecule has 6 nitrogen and oxygen atoms in total. The second kappa shape index (κ2) is 11.4. The van der Waals surface area contributed by atoms with Gasteiger partial charge in [-0.1, -0.05) is 42.5 Å². The summed E-state index contributed by atoms with van der Waals surface area (Å²) >= 11 is 0. The number of nitrogens with zero attached hydrogens (tertiary/aromatic N) is 2. The van der Waals surface area contributed by atoms with Gasteiger partial charge in [0.05, 0.1) is 0 Å². The molecule has 142 valence electrons. The van der Waals surface area contributed by atoms with Crippen molar-refractivity contribution >= 4 is 17.9 Å². The lowest BCUT2D eigenvalue weighted by Crippen LogP contribution is -2.49. The predicted molar refractivity (Wildman–Crippen MR) is 103 cm³/mol. The van der Waals surface area contributed by atoms with E-state index >= 15 is 0 Å². The largest absolute Gasteiger partial charge is 0.385 e. The fraction of sp³-hybridized carbons (Fsp3) is 0.500. The quantitative estimate of drug-likeness (QED) is 0.535. The minimum atomic E-state index is -0.209. The topological polar surface area (TPSA) is 61.9 Å². The third-order valence-corrected chi connectivity index (χ3v) is 4.36. The van der Waals surface area contributed by atoms with Crippen molar-refractivity contribution in [2.24, 2.45) is 0 Å². The van der Waals surface area contributed by atoms with Gasteiger partial charge in [0.1, 0.15) is 6.42 Å². The highest BCUT2D eigenvalue weighted by molar-refractivity contribution is 5.96. The molecule has 2 amide bonds. The number of carbonyl (C=O) groups excluding carboxylic acids is 2. The Morgan fingerprint density at radius 1 is 1.15 bits per heavy atom. The first-order valence-electron chi connectivity index (χ1n) is 9.16. The normalized spacial score (nSPS) is 15.3. The van der Waals surface area contributed by atoms with Crippen LogP contribution in [0.1, 0.15) is 18.4 Å². The summed E-state index contributed by atoms with van der Waals surface area (Å²) in [6.45, 7) is 5.04. The molecule has 0 aromatic heterocycles. The highest BCUT2D eigenvalue weighted by Crippen LogP contribution is 2.06. The SMILES string of the molecule is COCCCNC(=O)CC(=O)N1CCN(C/C=C/c2ccccc2)CC1. The summed E-state index contributed by atoms with van der Waals surface area (Å²) in [4.78, 5) is 28.1. The van der Waals surface area contributed by atoms with Crippen LogP contribution < -0.4 is 5.32 Å². The summed E-state index contributed by atoms with van der Waals surface area (Å²) in [7, 11) is 1.63.